The van der Waals surface area contributed by atoms with Crippen molar-refractivity contribution in [3.63, 3.8) is 0 Å². The molecular weight excluding hydrogens is 418 g/mol. The van der Waals surface area contributed by atoms with Crippen molar-refractivity contribution in [2.45, 2.75) is 20.3 Å². The Bertz CT molecular complexity index is 1050. The van der Waals surface area contributed by atoms with Crippen LogP contribution in [0.5, 0.6) is 11.5 Å². The molecule has 33 heavy (non-hydrogen) atoms. The highest BCUT2D eigenvalue weighted by Gasteiger charge is 2.06. The quantitative estimate of drug-likeness (QED) is 0.366. The highest BCUT2D eigenvalue weighted by Crippen LogP contribution is 2.21. The molecule has 0 heterocycles. The van der Waals surface area contributed by atoms with Crippen LogP contribution in [-0.4, -0.2) is 31.6 Å². The van der Waals surface area contributed by atoms with Gasteiger partial charge in [0.15, 0.2) is 0 Å². The van der Waals surface area contributed by atoms with Crippen LogP contribution in [0.15, 0.2) is 72.8 Å². The fraction of sp³-hybridized carbons (Fsp3) is 0.231. The highest BCUT2D eigenvalue weighted by molar-refractivity contribution is 5.94. The Morgan fingerprint density at radius 3 is 2.06 bits per heavy atom. The number of anilines is 3. The molecule has 3 aromatic rings. The van der Waals surface area contributed by atoms with Crippen molar-refractivity contribution >= 4 is 28.9 Å². The van der Waals surface area contributed by atoms with E-state index in [4.69, 9.17) is 9.47 Å². The number of hydrogen-bond acceptors (Lipinski definition) is 5. The topological polar surface area (TPSA) is 88.7 Å². The summed E-state index contributed by atoms with van der Waals surface area (Å²) in [5.74, 6) is 1.27. The third kappa shape index (κ3) is 7.88. The smallest absolute Gasteiger partial charge is 0.243 e. The number of benzene rings is 3. The molecule has 0 aliphatic heterocycles. The molecule has 0 aliphatic rings. The molecule has 7 heteroatoms. The van der Waals surface area contributed by atoms with E-state index in [1.54, 1.807) is 31.2 Å². The number of para-hydroxylation sites is 1. The van der Waals surface area contributed by atoms with Crippen molar-refractivity contribution in [1.29, 1.82) is 0 Å². The van der Waals surface area contributed by atoms with Gasteiger partial charge in [-0.05, 0) is 61.0 Å². The van der Waals surface area contributed by atoms with E-state index in [0.29, 0.717) is 31.1 Å². The van der Waals surface area contributed by atoms with E-state index in [0.717, 1.165) is 22.7 Å². The van der Waals surface area contributed by atoms with Gasteiger partial charge in [0.2, 0.25) is 11.8 Å². The van der Waals surface area contributed by atoms with Crippen molar-refractivity contribution in [2.24, 2.45) is 0 Å². The summed E-state index contributed by atoms with van der Waals surface area (Å²) in [5.41, 5.74) is 3.12. The normalized spacial score (nSPS) is 10.2. The lowest BCUT2D eigenvalue weighted by atomic mass is 10.1. The molecule has 7 nitrogen and oxygen atoms in total. The average molecular weight is 448 g/mol. The molecule has 0 saturated heterocycles. The summed E-state index contributed by atoms with van der Waals surface area (Å²) < 4.78 is 11.3. The second-order valence-corrected chi connectivity index (χ2v) is 7.37. The van der Waals surface area contributed by atoms with Gasteiger partial charge in [0.1, 0.15) is 24.7 Å². The molecule has 172 valence electrons. The lowest BCUT2D eigenvalue weighted by molar-refractivity contribution is -0.116. The Balaban J connectivity index is 1.41. The van der Waals surface area contributed by atoms with Crippen LogP contribution in [-0.2, 0) is 9.59 Å². The Kier molecular flexibility index (Phi) is 8.71. The molecule has 2 amide bonds. The predicted molar refractivity (Wildman–Crippen MR) is 131 cm³/mol. The van der Waals surface area contributed by atoms with Crippen molar-refractivity contribution in [3.05, 3.63) is 78.4 Å². The lowest BCUT2D eigenvalue weighted by Gasteiger charge is -2.12. The number of rotatable bonds is 11. The molecule has 0 fully saturated rings. The predicted octanol–water partition coefficient (Wildman–Crippen LogP) is 4.85. The van der Waals surface area contributed by atoms with E-state index in [1.807, 2.05) is 55.5 Å². The standard InChI is InChI=1S/C26H29N3O4/c1-3-25(30)29-24-17-21(10-9-19(24)2)27-18-26(31)28-20-11-13-23(14-12-20)33-16-15-32-22-7-5-4-6-8-22/h4-14,17,27H,3,15-16,18H2,1-2H3,(H,28,31)(H,29,30). The Labute approximate surface area is 194 Å². The lowest BCUT2D eigenvalue weighted by Crippen LogP contribution is -2.21. The van der Waals surface area contributed by atoms with Gasteiger partial charge in [0.05, 0.1) is 6.54 Å². The molecule has 0 aliphatic carbocycles. The van der Waals surface area contributed by atoms with Crippen LogP contribution < -0.4 is 25.4 Å². The van der Waals surface area contributed by atoms with Crippen LogP contribution in [0.2, 0.25) is 0 Å². The Morgan fingerprint density at radius 2 is 1.39 bits per heavy atom. The second kappa shape index (κ2) is 12.1. The van der Waals surface area contributed by atoms with E-state index in [9.17, 15) is 9.59 Å². The van der Waals surface area contributed by atoms with Gasteiger partial charge in [0.25, 0.3) is 0 Å². The number of aryl methyl sites for hydroxylation is 1. The fourth-order valence-electron chi connectivity index (χ4n) is 2.96. The molecule has 0 spiro atoms. The van der Waals surface area contributed by atoms with Crippen LogP contribution in [0.3, 0.4) is 0 Å². The zero-order valence-electron chi connectivity index (χ0n) is 18.9. The zero-order valence-corrected chi connectivity index (χ0v) is 18.9. The first-order valence-corrected chi connectivity index (χ1v) is 10.9. The first-order chi connectivity index (χ1) is 16.0. The molecule has 0 bridgehead atoms. The number of nitrogens with one attached hydrogen (secondary N) is 3. The van der Waals surface area contributed by atoms with Gasteiger partial charge in [0, 0.05) is 23.5 Å². The summed E-state index contributed by atoms with van der Waals surface area (Å²) in [6.45, 7) is 4.68. The summed E-state index contributed by atoms with van der Waals surface area (Å²) in [6, 6.07) is 22.3. The molecule has 3 N–H and O–H groups in total. The summed E-state index contributed by atoms with van der Waals surface area (Å²) >= 11 is 0. The van der Waals surface area contributed by atoms with Gasteiger partial charge in [-0.25, -0.2) is 0 Å². The van der Waals surface area contributed by atoms with Crippen LogP contribution in [0.25, 0.3) is 0 Å². The summed E-state index contributed by atoms with van der Waals surface area (Å²) in [5, 5.41) is 8.79. The van der Waals surface area contributed by atoms with Gasteiger partial charge >= 0.3 is 0 Å². The third-order valence-electron chi connectivity index (χ3n) is 4.79. The summed E-state index contributed by atoms with van der Waals surface area (Å²) in [4.78, 5) is 24.0. The number of carbonyl (C=O) groups excluding carboxylic acids is 2. The largest absolute Gasteiger partial charge is 0.490 e. The SMILES string of the molecule is CCC(=O)Nc1cc(NCC(=O)Nc2ccc(OCCOc3ccccc3)cc2)ccc1C. The number of carbonyl (C=O) groups is 2. The fourth-order valence-corrected chi connectivity index (χ4v) is 2.96. The van der Waals surface area contributed by atoms with Gasteiger partial charge in [-0.3, -0.25) is 9.59 Å². The molecule has 0 unspecified atom stereocenters. The molecule has 0 radical (unpaired) electrons. The van der Waals surface area contributed by atoms with E-state index in [-0.39, 0.29) is 18.4 Å². The maximum atomic E-state index is 12.3. The highest BCUT2D eigenvalue weighted by atomic mass is 16.5. The third-order valence-corrected chi connectivity index (χ3v) is 4.79. The molecule has 3 aromatic carbocycles. The first-order valence-electron chi connectivity index (χ1n) is 10.9. The first kappa shape index (κ1) is 23.7. The molecule has 0 atom stereocenters. The van der Waals surface area contributed by atoms with Gasteiger partial charge in [-0.15, -0.1) is 0 Å². The van der Waals surface area contributed by atoms with E-state index >= 15 is 0 Å². The van der Waals surface area contributed by atoms with Crippen LogP contribution in [0.4, 0.5) is 17.1 Å². The van der Waals surface area contributed by atoms with Gasteiger partial charge in [-0.2, -0.15) is 0 Å². The van der Waals surface area contributed by atoms with Crippen molar-refractivity contribution in [1.82, 2.24) is 0 Å². The van der Waals surface area contributed by atoms with Crippen LogP contribution >= 0.6 is 0 Å². The number of ether oxygens (including phenoxy) is 2. The van der Waals surface area contributed by atoms with E-state index in [1.165, 1.54) is 0 Å². The average Bonchev–Trinajstić information content (AvgIpc) is 2.84. The zero-order chi connectivity index (χ0) is 23.5. The Hall–Kier alpha value is -4.00. The molecule has 3 rings (SSSR count). The molecular formula is C26H29N3O4. The summed E-state index contributed by atoms with van der Waals surface area (Å²) in [7, 11) is 0. The Morgan fingerprint density at radius 1 is 0.758 bits per heavy atom. The molecule has 0 aromatic heterocycles. The number of hydrogen-bond donors (Lipinski definition) is 3. The van der Waals surface area contributed by atoms with Crippen molar-refractivity contribution in [2.75, 3.05) is 35.7 Å². The van der Waals surface area contributed by atoms with Crippen LogP contribution in [0.1, 0.15) is 18.9 Å². The van der Waals surface area contributed by atoms with E-state index in [2.05, 4.69) is 16.0 Å². The van der Waals surface area contributed by atoms with Crippen LogP contribution in [0, 0.1) is 6.92 Å². The van der Waals surface area contributed by atoms with E-state index < -0.39 is 0 Å². The minimum Gasteiger partial charge on any atom is -0.490 e. The monoisotopic (exact) mass is 447 g/mol. The van der Waals surface area contributed by atoms with Gasteiger partial charge in [-0.1, -0.05) is 31.2 Å². The number of amides is 2. The molecule has 0 saturated carbocycles. The minimum atomic E-state index is -0.181. The maximum absolute atomic E-state index is 12.3. The minimum absolute atomic E-state index is 0.0517. The second-order valence-electron chi connectivity index (χ2n) is 7.37. The maximum Gasteiger partial charge on any atom is 0.243 e. The van der Waals surface area contributed by atoms with Crippen molar-refractivity contribution in [3.8, 4) is 11.5 Å². The van der Waals surface area contributed by atoms with Crippen molar-refractivity contribution < 1.29 is 19.1 Å². The van der Waals surface area contributed by atoms with Gasteiger partial charge < -0.3 is 25.4 Å². The summed E-state index contributed by atoms with van der Waals surface area (Å²) in [6.07, 6.45) is 0.408.